The van der Waals surface area contributed by atoms with Crippen molar-refractivity contribution in [2.75, 3.05) is 36.4 Å². The van der Waals surface area contributed by atoms with Gasteiger partial charge < -0.3 is 20.0 Å². The SMILES string of the molecule is Cn1c(=O)n(-c2cnc(C(=O)Nc3cnccc3N3CCNCC3)o2)c2ccccc21. The molecule has 2 N–H and O–H groups in total. The van der Waals surface area contributed by atoms with Gasteiger partial charge in [0, 0.05) is 39.4 Å². The van der Waals surface area contributed by atoms with E-state index in [-0.39, 0.29) is 17.5 Å². The molecule has 158 valence electrons. The number of oxazole rings is 1. The summed E-state index contributed by atoms with van der Waals surface area (Å²) in [7, 11) is 1.69. The Kier molecular flexibility index (Phi) is 4.75. The Morgan fingerprint density at radius 1 is 1.13 bits per heavy atom. The van der Waals surface area contributed by atoms with Gasteiger partial charge in [-0.3, -0.25) is 14.3 Å². The molecule has 0 atom stereocenters. The fourth-order valence-electron chi connectivity index (χ4n) is 3.82. The molecule has 1 aromatic carbocycles. The lowest BCUT2D eigenvalue weighted by molar-refractivity contribution is 0.0990. The first-order valence-electron chi connectivity index (χ1n) is 9.97. The highest BCUT2D eigenvalue weighted by Crippen LogP contribution is 2.25. The Balaban J connectivity index is 1.44. The summed E-state index contributed by atoms with van der Waals surface area (Å²) in [5, 5.41) is 6.14. The average Bonchev–Trinajstić information content (AvgIpc) is 3.38. The quantitative estimate of drug-likeness (QED) is 0.514. The fourth-order valence-corrected chi connectivity index (χ4v) is 3.82. The van der Waals surface area contributed by atoms with Gasteiger partial charge in [0.05, 0.1) is 34.8 Å². The van der Waals surface area contributed by atoms with Gasteiger partial charge in [0.1, 0.15) is 0 Å². The molecule has 1 saturated heterocycles. The molecule has 1 fully saturated rings. The first-order chi connectivity index (χ1) is 15.1. The fraction of sp³-hybridized carbons (Fsp3) is 0.238. The van der Waals surface area contributed by atoms with Crippen LogP contribution >= 0.6 is 0 Å². The minimum absolute atomic E-state index is 0.134. The predicted octanol–water partition coefficient (Wildman–Crippen LogP) is 1.37. The zero-order chi connectivity index (χ0) is 21.4. The van der Waals surface area contributed by atoms with Gasteiger partial charge in [0.15, 0.2) is 0 Å². The number of aryl methyl sites for hydroxylation is 1. The van der Waals surface area contributed by atoms with Crippen molar-refractivity contribution in [2.24, 2.45) is 7.05 Å². The molecule has 10 heteroatoms. The molecule has 3 aromatic heterocycles. The van der Waals surface area contributed by atoms with E-state index in [1.54, 1.807) is 19.4 Å². The van der Waals surface area contributed by atoms with Crippen molar-refractivity contribution >= 4 is 28.3 Å². The number of hydrogen-bond acceptors (Lipinski definition) is 7. The molecule has 31 heavy (non-hydrogen) atoms. The number of imidazole rings is 1. The van der Waals surface area contributed by atoms with Crippen LogP contribution in [0.3, 0.4) is 0 Å². The Labute approximate surface area is 177 Å². The number of pyridine rings is 1. The number of anilines is 2. The Morgan fingerprint density at radius 3 is 2.71 bits per heavy atom. The number of carbonyl (C=O) groups excluding carboxylic acids is 1. The third-order valence-electron chi connectivity index (χ3n) is 5.37. The molecule has 1 aliphatic rings. The zero-order valence-corrected chi connectivity index (χ0v) is 16.9. The van der Waals surface area contributed by atoms with Gasteiger partial charge in [-0.2, -0.15) is 0 Å². The van der Waals surface area contributed by atoms with Crippen LogP contribution in [0.15, 0.2) is 58.1 Å². The van der Waals surface area contributed by atoms with Crippen molar-refractivity contribution in [1.29, 1.82) is 0 Å². The predicted molar refractivity (Wildman–Crippen MR) is 116 cm³/mol. The molecule has 0 saturated carbocycles. The van der Waals surface area contributed by atoms with E-state index in [0.717, 1.165) is 37.4 Å². The summed E-state index contributed by atoms with van der Waals surface area (Å²) in [4.78, 5) is 35.9. The molecule has 10 nitrogen and oxygen atoms in total. The second kappa shape index (κ2) is 7.73. The van der Waals surface area contributed by atoms with Crippen LogP contribution in [0.25, 0.3) is 16.9 Å². The third kappa shape index (κ3) is 3.36. The first kappa shape index (κ1) is 19.1. The van der Waals surface area contributed by atoms with Crippen LogP contribution in [0.1, 0.15) is 10.7 Å². The van der Waals surface area contributed by atoms with Gasteiger partial charge in [0.25, 0.3) is 5.89 Å². The highest BCUT2D eigenvalue weighted by Gasteiger charge is 2.21. The number of aromatic nitrogens is 4. The molecule has 1 amide bonds. The third-order valence-corrected chi connectivity index (χ3v) is 5.37. The van der Waals surface area contributed by atoms with Crippen molar-refractivity contribution in [3.05, 3.63) is 65.3 Å². The number of nitrogens with one attached hydrogen (secondary N) is 2. The molecular weight excluding hydrogens is 398 g/mol. The van der Waals surface area contributed by atoms with E-state index in [4.69, 9.17) is 4.42 Å². The van der Waals surface area contributed by atoms with E-state index in [1.807, 2.05) is 30.3 Å². The molecular formula is C21H21N7O3. The Morgan fingerprint density at radius 2 is 1.90 bits per heavy atom. The summed E-state index contributed by atoms with van der Waals surface area (Å²) in [6.45, 7) is 3.41. The first-order valence-corrected chi connectivity index (χ1v) is 9.97. The van der Waals surface area contributed by atoms with Crippen molar-refractivity contribution in [2.45, 2.75) is 0 Å². The van der Waals surface area contributed by atoms with Crippen molar-refractivity contribution in [3.63, 3.8) is 0 Å². The number of carbonyl (C=O) groups is 1. The van der Waals surface area contributed by atoms with Crippen LogP contribution in [0.2, 0.25) is 0 Å². The number of amides is 1. The van der Waals surface area contributed by atoms with Crippen molar-refractivity contribution in [1.82, 2.24) is 24.4 Å². The van der Waals surface area contributed by atoms with E-state index >= 15 is 0 Å². The van der Waals surface area contributed by atoms with Crippen molar-refractivity contribution < 1.29 is 9.21 Å². The summed E-state index contributed by atoms with van der Waals surface area (Å²) in [5.41, 5.74) is 2.62. The Bertz CT molecular complexity index is 1310. The zero-order valence-electron chi connectivity index (χ0n) is 16.9. The van der Waals surface area contributed by atoms with Gasteiger partial charge >= 0.3 is 11.6 Å². The molecule has 5 rings (SSSR count). The van der Waals surface area contributed by atoms with Crippen LogP contribution in [-0.4, -0.2) is 51.2 Å². The summed E-state index contributed by atoms with van der Waals surface area (Å²) >= 11 is 0. The lowest BCUT2D eigenvalue weighted by Gasteiger charge is -2.30. The number of piperazine rings is 1. The van der Waals surface area contributed by atoms with E-state index in [1.165, 1.54) is 15.3 Å². The smallest absolute Gasteiger partial charge is 0.335 e. The van der Waals surface area contributed by atoms with Crippen LogP contribution in [0.5, 0.6) is 0 Å². The monoisotopic (exact) mass is 419 g/mol. The van der Waals surface area contributed by atoms with Crippen molar-refractivity contribution in [3.8, 4) is 5.88 Å². The van der Waals surface area contributed by atoms with E-state index in [9.17, 15) is 9.59 Å². The molecule has 0 spiro atoms. The lowest BCUT2D eigenvalue weighted by atomic mass is 10.2. The summed E-state index contributed by atoms with van der Waals surface area (Å²) in [5.74, 6) is -0.464. The summed E-state index contributed by atoms with van der Waals surface area (Å²) in [6, 6.07) is 9.22. The number of fused-ring (bicyclic) bond motifs is 1. The lowest BCUT2D eigenvalue weighted by Crippen LogP contribution is -2.43. The van der Waals surface area contributed by atoms with Crippen LogP contribution < -0.4 is 21.2 Å². The van der Waals surface area contributed by atoms with E-state index in [2.05, 4.69) is 25.5 Å². The van der Waals surface area contributed by atoms with Crippen LogP contribution in [0, 0.1) is 0 Å². The molecule has 4 heterocycles. The maximum absolute atomic E-state index is 12.8. The van der Waals surface area contributed by atoms with Gasteiger partial charge in [-0.1, -0.05) is 12.1 Å². The van der Waals surface area contributed by atoms with Crippen LogP contribution in [0.4, 0.5) is 11.4 Å². The number of benzene rings is 1. The summed E-state index contributed by atoms with van der Waals surface area (Å²) < 4.78 is 8.59. The normalized spacial score (nSPS) is 14.2. The van der Waals surface area contributed by atoms with Gasteiger partial charge in [-0.15, -0.1) is 0 Å². The average molecular weight is 419 g/mol. The van der Waals surface area contributed by atoms with Gasteiger partial charge in [0.2, 0.25) is 5.88 Å². The van der Waals surface area contributed by atoms with E-state index in [0.29, 0.717) is 11.2 Å². The van der Waals surface area contributed by atoms with E-state index < -0.39 is 5.91 Å². The van der Waals surface area contributed by atoms with Crippen LogP contribution in [-0.2, 0) is 7.05 Å². The van der Waals surface area contributed by atoms with Gasteiger partial charge in [-0.05, 0) is 18.2 Å². The molecule has 0 bridgehead atoms. The highest BCUT2D eigenvalue weighted by atomic mass is 16.4. The maximum Gasteiger partial charge on any atom is 0.335 e. The molecule has 1 aliphatic heterocycles. The highest BCUT2D eigenvalue weighted by molar-refractivity contribution is 6.03. The molecule has 0 aliphatic carbocycles. The molecule has 0 unspecified atom stereocenters. The largest absolute Gasteiger partial charge is 0.415 e. The minimum Gasteiger partial charge on any atom is -0.415 e. The minimum atomic E-state index is -0.510. The summed E-state index contributed by atoms with van der Waals surface area (Å²) in [6.07, 6.45) is 4.68. The number of hydrogen-bond donors (Lipinski definition) is 2. The second-order valence-corrected chi connectivity index (χ2v) is 7.25. The number of nitrogens with zero attached hydrogens (tertiary/aromatic N) is 5. The topological polar surface area (TPSA) is 110 Å². The van der Waals surface area contributed by atoms with Gasteiger partial charge in [-0.25, -0.2) is 14.3 Å². The number of para-hydroxylation sites is 2. The number of rotatable bonds is 4. The Hall–Kier alpha value is -3.92. The second-order valence-electron chi connectivity index (χ2n) is 7.25. The molecule has 0 radical (unpaired) electrons. The molecule has 4 aromatic rings. The standard InChI is InChI=1S/C21H21N7O3/c1-26-16-4-2-3-5-17(16)28(21(26)30)18-13-24-20(31-18)19(29)25-14-12-23-7-6-15(14)27-10-8-22-9-11-27/h2-7,12-13,22H,8-11H2,1H3,(H,25,29). The maximum atomic E-state index is 12.8.